The molecule has 1 aliphatic heterocycles. The van der Waals surface area contributed by atoms with Crippen molar-refractivity contribution in [3.05, 3.63) is 78.2 Å². The highest BCUT2D eigenvalue weighted by molar-refractivity contribution is 6.32. The molecule has 1 unspecified atom stereocenters. The number of aryl methyl sites for hydroxylation is 1. The summed E-state index contributed by atoms with van der Waals surface area (Å²) in [5.74, 6) is 1.90. The third-order valence-corrected chi connectivity index (χ3v) is 6.43. The summed E-state index contributed by atoms with van der Waals surface area (Å²) in [7, 11) is 1.82. The zero-order valence-electron chi connectivity index (χ0n) is 19.3. The first-order chi connectivity index (χ1) is 17.0. The number of ether oxygens (including phenoxy) is 1. The molecule has 2 aromatic heterocycles. The Morgan fingerprint density at radius 2 is 2.11 bits per heavy atom. The van der Waals surface area contributed by atoms with Gasteiger partial charge in [-0.25, -0.2) is 9.97 Å². The maximum atomic E-state index is 12.1. The fourth-order valence-electron chi connectivity index (χ4n) is 4.37. The number of hydrogen-bond acceptors (Lipinski definition) is 6. The van der Waals surface area contributed by atoms with Crippen LogP contribution in [-0.2, 0) is 11.8 Å². The highest BCUT2D eigenvalue weighted by Gasteiger charge is 2.24. The third kappa shape index (κ3) is 4.97. The van der Waals surface area contributed by atoms with Gasteiger partial charge < -0.3 is 15.0 Å². The summed E-state index contributed by atoms with van der Waals surface area (Å²) in [6, 6.07) is 13.4. The number of halogens is 1. The molecule has 0 radical (unpaired) electrons. The van der Waals surface area contributed by atoms with Gasteiger partial charge in [0.2, 0.25) is 11.8 Å². The molecule has 1 amide bonds. The Labute approximate surface area is 208 Å². The van der Waals surface area contributed by atoms with E-state index in [1.54, 1.807) is 29.1 Å². The van der Waals surface area contributed by atoms with Gasteiger partial charge in [-0.05, 0) is 54.8 Å². The molecule has 1 atom stereocenters. The number of amides is 1. The minimum absolute atomic E-state index is 0.0199. The van der Waals surface area contributed by atoms with Crippen LogP contribution >= 0.6 is 11.6 Å². The van der Waals surface area contributed by atoms with E-state index in [4.69, 9.17) is 16.3 Å². The predicted octanol–water partition coefficient (Wildman–Crippen LogP) is 5.44. The Hall–Kier alpha value is -3.91. The number of piperidine rings is 1. The van der Waals surface area contributed by atoms with Gasteiger partial charge >= 0.3 is 0 Å². The zero-order chi connectivity index (χ0) is 24.4. The smallest absolute Gasteiger partial charge is 0.245 e. The van der Waals surface area contributed by atoms with Crippen LogP contribution in [0.3, 0.4) is 0 Å². The number of nitrogens with one attached hydrogen (secondary N) is 1. The monoisotopic (exact) mass is 488 g/mol. The summed E-state index contributed by atoms with van der Waals surface area (Å²) < 4.78 is 7.43. The van der Waals surface area contributed by atoms with Crippen LogP contribution in [0, 0.1) is 0 Å². The van der Waals surface area contributed by atoms with Crippen LogP contribution in [0.2, 0.25) is 5.02 Å². The van der Waals surface area contributed by atoms with E-state index in [9.17, 15) is 4.79 Å². The van der Waals surface area contributed by atoms with Gasteiger partial charge in [-0.3, -0.25) is 9.48 Å². The minimum Gasteiger partial charge on any atom is -0.436 e. The molecule has 8 nitrogen and oxygen atoms in total. The van der Waals surface area contributed by atoms with E-state index >= 15 is 0 Å². The van der Waals surface area contributed by atoms with Crippen molar-refractivity contribution in [3.8, 4) is 11.6 Å². The van der Waals surface area contributed by atoms with Crippen molar-refractivity contribution in [2.75, 3.05) is 18.4 Å². The highest BCUT2D eigenvalue weighted by atomic mass is 35.5. The van der Waals surface area contributed by atoms with Crippen molar-refractivity contribution in [1.82, 2.24) is 24.6 Å². The maximum Gasteiger partial charge on any atom is 0.245 e. The zero-order valence-corrected chi connectivity index (χ0v) is 20.1. The maximum absolute atomic E-state index is 12.1. The second kappa shape index (κ2) is 9.76. The average Bonchev–Trinajstić information content (AvgIpc) is 3.29. The summed E-state index contributed by atoms with van der Waals surface area (Å²) in [5.41, 5.74) is 2.77. The molecule has 178 valence electrons. The minimum atomic E-state index is -0.0199. The molecule has 0 spiro atoms. The number of carbonyl (C=O) groups is 1. The first-order valence-corrected chi connectivity index (χ1v) is 11.8. The molecule has 0 bridgehead atoms. The molecule has 0 aliphatic carbocycles. The SMILES string of the molecule is C=CC(=O)N1CCCC(c2ccc3ncnc(Nc4ccc(Oc5ccn(C)n5)c(Cl)c4)c3c2)C1. The molecule has 2 aromatic carbocycles. The quantitative estimate of drug-likeness (QED) is 0.363. The van der Waals surface area contributed by atoms with Gasteiger partial charge in [-0.1, -0.05) is 24.2 Å². The van der Waals surface area contributed by atoms with Crippen LogP contribution < -0.4 is 10.1 Å². The summed E-state index contributed by atoms with van der Waals surface area (Å²) >= 11 is 6.48. The van der Waals surface area contributed by atoms with Gasteiger partial charge in [-0.2, -0.15) is 0 Å². The van der Waals surface area contributed by atoms with Gasteiger partial charge in [0.1, 0.15) is 17.9 Å². The van der Waals surface area contributed by atoms with Gasteiger partial charge in [0.05, 0.1) is 10.5 Å². The molecule has 1 fully saturated rings. The molecule has 1 aliphatic rings. The van der Waals surface area contributed by atoms with Gasteiger partial charge in [0.25, 0.3) is 0 Å². The fourth-order valence-corrected chi connectivity index (χ4v) is 4.58. The average molecular weight is 489 g/mol. The second-order valence-corrected chi connectivity index (χ2v) is 8.93. The molecule has 3 heterocycles. The summed E-state index contributed by atoms with van der Waals surface area (Å²) in [6.45, 7) is 5.07. The number of rotatable bonds is 6. The van der Waals surface area contributed by atoms with Crippen molar-refractivity contribution < 1.29 is 9.53 Å². The number of anilines is 2. The molecule has 1 saturated heterocycles. The lowest BCUT2D eigenvalue weighted by Crippen LogP contribution is -2.38. The third-order valence-electron chi connectivity index (χ3n) is 6.14. The molecule has 0 saturated carbocycles. The molecular formula is C26H25ClN6O2. The van der Waals surface area contributed by atoms with E-state index in [0.29, 0.717) is 29.0 Å². The van der Waals surface area contributed by atoms with E-state index in [-0.39, 0.29) is 11.8 Å². The second-order valence-electron chi connectivity index (χ2n) is 8.53. The topological polar surface area (TPSA) is 85.2 Å². The first-order valence-electron chi connectivity index (χ1n) is 11.4. The molecular weight excluding hydrogens is 464 g/mol. The summed E-state index contributed by atoms with van der Waals surface area (Å²) in [6.07, 6.45) is 6.71. The van der Waals surface area contributed by atoms with E-state index < -0.39 is 0 Å². The van der Waals surface area contributed by atoms with E-state index in [1.165, 1.54) is 12.4 Å². The van der Waals surface area contributed by atoms with Gasteiger partial charge in [0.15, 0.2) is 0 Å². The van der Waals surface area contributed by atoms with E-state index in [0.717, 1.165) is 41.5 Å². The number of carbonyl (C=O) groups excluding carboxylic acids is 1. The number of aromatic nitrogens is 4. The summed E-state index contributed by atoms with van der Waals surface area (Å²) in [4.78, 5) is 22.9. The van der Waals surface area contributed by atoms with Crippen molar-refractivity contribution >= 4 is 39.9 Å². The van der Waals surface area contributed by atoms with Crippen LogP contribution in [0.5, 0.6) is 11.6 Å². The number of hydrogen-bond donors (Lipinski definition) is 1. The fraction of sp³-hybridized carbons (Fsp3) is 0.231. The number of nitrogens with zero attached hydrogens (tertiary/aromatic N) is 5. The molecule has 4 aromatic rings. The normalized spacial score (nSPS) is 15.7. The van der Waals surface area contributed by atoms with Crippen molar-refractivity contribution in [2.24, 2.45) is 7.05 Å². The highest BCUT2D eigenvalue weighted by Crippen LogP contribution is 2.34. The molecule has 5 rings (SSSR count). The molecule has 35 heavy (non-hydrogen) atoms. The van der Waals surface area contributed by atoms with Crippen LogP contribution in [0.15, 0.2) is 67.6 Å². The van der Waals surface area contributed by atoms with Gasteiger partial charge in [-0.15, -0.1) is 5.10 Å². The standard InChI is InChI=1S/C26H25ClN6O2/c1-3-25(34)33-11-4-5-18(15-33)17-6-8-22-20(13-17)26(29-16-28-22)30-19-7-9-23(21(27)14-19)35-24-10-12-32(2)31-24/h3,6-10,12-14,16,18H,1,4-5,11,15H2,2H3,(H,28,29,30). The van der Waals surface area contributed by atoms with E-state index in [1.807, 2.05) is 24.1 Å². The Bertz CT molecular complexity index is 1400. The first kappa shape index (κ1) is 22.9. The predicted molar refractivity (Wildman–Crippen MR) is 136 cm³/mol. The molecule has 1 N–H and O–H groups in total. The number of benzene rings is 2. The lowest BCUT2D eigenvalue weighted by molar-refractivity contribution is -0.127. The Morgan fingerprint density at radius 1 is 1.23 bits per heavy atom. The van der Waals surface area contributed by atoms with Gasteiger partial charge in [0, 0.05) is 49.4 Å². The Kier molecular flexibility index (Phi) is 6.37. The van der Waals surface area contributed by atoms with Crippen molar-refractivity contribution in [1.29, 1.82) is 0 Å². The number of likely N-dealkylation sites (tertiary alicyclic amines) is 1. The largest absolute Gasteiger partial charge is 0.436 e. The van der Waals surface area contributed by atoms with Crippen LogP contribution in [0.1, 0.15) is 24.3 Å². The van der Waals surface area contributed by atoms with Crippen molar-refractivity contribution in [2.45, 2.75) is 18.8 Å². The number of fused-ring (bicyclic) bond motifs is 1. The molecule has 9 heteroatoms. The van der Waals surface area contributed by atoms with E-state index in [2.05, 4.69) is 39.1 Å². The van der Waals surface area contributed by atoms with Crippen molar-refractivity contribution in [3.63, 3.8) is 0 Å². The Balaban J connectivity index is 1.39. The lowest BCUT2D eigenvalue weighted by Gasteiger charge is -2.32. The van der Waals surface area contributed by atoms with Crippen LogP contribution in [0.25, 0.3) is 10.9 Å². The summed E-state index contributed by atoms with van der Waals surface area (Å²) in [5, 5.41) is 8.93. The lowest BCUT2D eigenvalue weighted by atomic mass is 9.90. The van der Waals surface area contributed by atoms with Crippen LogP contribution in [0.4, 0.5) is 11.5 Å². The Morgan fingerprint density at radius 3 is 2.89 bits per heavy atom. The van der Waals surface area contributed by atoms with Crippen LogP contribution in [-0.4, -0.2) is 43.6 Å².